The number of barbiturate groups is 1. The molecule has 0 spiro atoms. The second-order valence-electron chi connectivity index (χ2n) is 7.57. The van der Waals surface area contributed by atoms with Crippen molar-refractivity contribution in [1.29, 1.82) is 0 Å². The first-order chi connectivity index (χ1) is 15.4. The average molecular weight is 429 g/mol. The lowest BCUT2D eigenvalue weighted by Gasteiger charge is -2.26. The Morgan fingerprint density at radius 1 is 0.906 bits per heavy atom. The fourth-order valence-electron chi connectivity index (χ4n) is 3.69. The topological polar surface area (TPSA) is 89.9 Å². The molecule has 2 aliphatic heterocycles. The second kappa shape index (κ2) is 7.42. The Balaban J connectivity index is 1.53. The highest BCUT2D eigenvalue weighted by atomic mass is 16.7. The zero-order valence-electron chi connectivity index (χ0n) is 17.4. The molecule has 0 unspecified atom stereocenters. The number of imide groups is 2. The Hall–Kier alpha value is -4.33. The van der Waals surface area contributed by atoms with Crippen LogP contribution in [0.3, 0.4) is 0 Å². The summed E-state index contributed by atoms with van der Waals surface area (Å²) in [5.74, 6) is -0.513. The van der Waals surface area contributed by atoms with Crippen molar-refractivity contribution < 1.29 is 23.9 Å². The zero-order chi connectivity index (χ0) is 22.4. The molecule has 8 nitrogen and oxygen atoms in total. The van der Waals surface area contributed by atoms with E-state index in [-0.39, 0.29) is 18.1 Å². The van der Waals surface area contributed by atoms with Crippen LogP contribution in [-0.4, -0.2) is 29.2 Å². The number of fused-ring (bicyclic) bond motifs is 1. The molecule has 1 fully saturated rings. The van der Waals surface area contributed by atoms with Crippen LogP contribution in [0.15, 0.2) is 60.3 Å². The molecule has 160 valence electrons. The van der Waals surface area contributed by atoms with Gasteiger partial charge in [0.2, 0.25) is 6.79 Å². The monoisotopic (exact) mass is 429 g/mol. The van der Waals surface area contributed by atoms with E-state index in [1.165, 1.54) is 17.7 Å². The van der Waals surface area contributed by atoms with Gasteiger partial charge < -0.3 is 14.0 Å². The molecule has 0 radical (unpaired) electrons. The molecule has 32 heavy (non-hydrogen) atoms. The minimum atomic E-state index is -0.819. The fourth-order valence-corrected chi connectivity index (χ4v) is 3.69. The van der Waals surface area contributed by atoms with Crippen LogP contribution in [0.25, 0.3) is 11.8 Å². The van der Waals surface area contributed by atoms with Gasteiger partial charge in [-0.25, -0.2) is 9.69 Å². The van der Waals surface area contributed by atoms with Gasteiger partial charge in [0.25, 0.3) is 11.8 Å². The van der Waals surface area contributed by atoms with E-state index in [0.29, 0.717) is 17.2 Å². The molecule has 0 saturated carbocycles. The maximum atomic E-state index is 13.2. The van der Waals surface area contributed by atoms with Gasteiger partial charge in [-0.15, -0.1) is 0 Å². The number of hydrogen-bond donors (Lipinski definition) is 1. The van der Waals surface area contributed by atoms with Gasteiger partial charge in [0.15, 0.2) is 11.5 Å². The van der Waals surface area contributed by atoms with Crippen molar-refractivity contribution in [2.24, 2.45) is 0 Å². The number of carbonyl (C=O) groups excluding carboxylic acids is 3. The Labute approximate surface area is 183 Å². The van der Waals surface area contributed by atoms with E-state index < -0.39 is 17.8 Å². The van der Waals surface area contributed by atoms with Crippen LogP contribution in [0.4, 0.5) is 10.5 Å². The van der Waals surface area contributed by atoms with Crippen LogP contribution in [-0.2, 0) is 9.59 Å². The summed E-state index contributed by atoms with van der Waals surface area (Å²) < 4.78 is 12.5. The Morgan fingerprint density at radius 3 is 2.50 bits per heavy atom. The Morgan fingerprint density at radius 2 is 1.69 bits per heavy atom. The highest BCUT2D eigenvalue weighted by Crippen LogP contribution is 2.36. The quantitative estimate of drug-likeness (QED) is 0.509. The molecule has 0 bridgehead atoms. The van der Waals surface area contributed by atoms with E-state index in [9.17, 15) is 14.4 Å². The highest BCUT2D eigenvalue weighted by molar-refractivity contribution is 6.39. The van der Waals surface area contributed by atoms with Crippen molar-refractivity contribution in [2.45, 2.75) is 13.8 Å². The lowest BCUT2D eigenvalue weighted by Crippen LogP contribution is -2.54. The highest BCUT2D eigenvalue weighted by Gasteiger charge is 2.37. The number of rotatable bonds is 3. The zero-order valence-corrected chi connectivity index (χ0v) is 17.4. The molecule has 0 aliphatic carbocycles. The smallest absolute Gasteiger partial charge is 0.335 e. The Bertz CT molecular complexity index is 1320. The van der Waals surface area contributed by atoms with E-state index in [4.69, 9.17) is 9.47 Å². The molecule has 8 heteroatoms. The van der Waals surface area contributed by atoms with E-state index in [0.717, 1.165) is 16.2 Å². The summed E-state index contributed by atoms with van der Waals surface area (Å²) in [6, 6.07) is 13.5. The lowest BCUT2D eigenvalue weighted by molar-refractivity contribution is -0.122. The average Bonchev–Trinajstić information content (AvgIpc) is 3.42. The van der Waals surface area contributed by atoms with Crippen LogP contribution in [0.1, 0.15) is 16.8 Å². The molecular weight excluding hydrogens is 410 g/mol. The number of carbonyl (C=O) groups is 3. The van der Waals surface area contributed by atoms with Gasteiger partial charge in [-0.05, 0) is 67.4 Å². The van der Waals surface area contributed by atoms with Crippen molar-refractivity contribution in [3.63, 3.8) is 0 Å². The maximum Gasteiger partial charge on any atom is 0.335 e. The number of hydrogen-bond acceptors (Lipinski definition) is 5. The standard InChI is InChI=1S/C24H19N3O5/c1-14-5-6-17(10-15(14)2)26-9-3-4-16(26)11-19-22(28)25-24(30)27(23(19)29)18-7-8-20-21(12-18)32-13-31-20/h3-12H,13H2,1-2H3,(H,25,28,30)/b19-11+. The summed E-state index contributed by atoms with van der Waals surface area (Å²) >= 11 is 0. The van der Waals surface area contributed by atoms with E-state index in [1.807, 2.05) is 48.9 Å². The minimum Gasteiger partial charge on any atom is -0.454 e. The third-order valence-corrected chi connectivity index (χ3v) is 5.56. The van der Waals surface area contributed by atoms with Gasteiger partial charge in [-0.2, -0.15) is 0 Å². The summed E-state index contributed by atoms with van der Waals surface area (Å²) in [5.41, 5.74) is 3.95. The largest absolute Gasteiger partial charge is 0.454 e. The molecule has 5 rings (SSSR count). The summed E-state index contributed by atoms with van der Waals surface area (Å²) in [5, 5.41) is 2.24. The fraction of sp³-hybridized carbons (Fsp3) is 0.125. The third-order valence-electron chi connectivity index (χ3n) is 5.56. The minimum absolute atomic E-state index is 0.0675. The molecule has 2 aromatic carbocycles. The summed E-state index contributed by atoms with van der Waals surface area (Å²) in [7, 11) is 0. The summed E-state index contributed by atoms with van der Waals surface area (Å²) in [6.45, 7) is 4.12. The van der Waals surface area contributed by atoms with Crippen LogP contribution in [0.5, 0.6) is 11.5 Å². The van der Waals surface area contributed by atoms with Gasteiger partial charge >= 0.3 is 6.03 Å². The maximum absolute atomic E-state index is 13.2. The number of anilines is 1. The molecule has 3 aromatic rings. The molecule has 1 N–H and O–H groups in total. The predicted molar refractivity (Wildman–Crippen MR) is 117 cm³/mol. The molecule has 1 aromatic heterocycles. The van der Waals surface area contributed by atoms with Gasteiger partial charge in [0.1, 0.15) is 5.57 Å². The number of amides is 4. The predicted octanol–water partition coefficient (Wildman–Crippen LogP) is 3.49. The van der Waals surface area contributed by atoms with E-state index in [1.54, 1.807) is 18.2 Å². The molecule has 1 saturated heterocycles. The SMILES string of the molecule is Cc1ccc(-n2cccc2/C=C2\C(=O)NC(=O)N(c3ccc4c(c3)OCO4)C2=O)cc1C. The summed E-state index contributed by atoms with van der Waals surface area (Å²) in [4.78, 5) is 39.2. The van der Waals surface area contributed by atoms with Gasteiger partial charge in [-0.1, -0.05) is 6.07 Å². The van der Waals surface area contributed by atoms with Crippen molar-refractivity contribution in [3.05, 3.63) is 77.1 Å². The summed E-state index contributed by atoms with van der Waals surface area (Å²) in [6.07, 6.45) is 3.34. The molecule has 3 heterocycles. The van der Waals surface area contributed by atoms with Crippen molar-refractivity contribution in [1.82, 2.24) is 9.88 Å². The first kappa shape index (κ1) is 19.6. The van der Waals surface area contributed by atoms with Gasteiger partial charge in [0, 0.05) is 23.6 Å². The number of urea groups is 1. The Kier molecular flexibility index (Phi) is 4.55. The number of nitrogens with zero attached hydrogens (tertiary/aromatic N) is 2. The first-order valence-electron chi connectivity index (χ1n) is 9.98. The lowest BCUT2D eigenvalue weighted by atomic mass is 10.1. The third kappa shape index (κ3) is 3.22. The normalized spacial score (nSPS) is 16.6. The molecule has 2 aliphatic rings. The second-order valence-corrected chi connectivity index (χ2v) is 7.57. The van der Waals surface area contributed by atoms with Gasteiger partial charge in [-0.3, -0.25) is 14.9 Å². The number of ether oxygens (including phenoxy) is 2. The number of aromatic nitrogens is 1. The van der Waals surface area contributed by atoms with E-state index >= 15 is 0 Å². The van der Waals surface area contributed by atoms with E-state index in [2.05, 4.69) is 5.32 Å². The van der Waals surface area contributed by atoms with Crippen LogP contribution < -0.4 is 19.7 Å². The number of aryl methyl sites for hydroxylation is 2. The van der Waals surface area contributed by atoms with Crippen molar-refractivity contribution in [3.8, 4) is 17.2 Å². The molecule has 4 amide bonds. The van der Waals surface area contributed by atoms with Crippen LogP contribution in [0.2, 0.25) is 0 Å². The van der Waals surface area contributed by atoms with Crippen molar-refractivity contribution in [2.75, 3.05) is 11.7 Å². The molecular formula is C24H19N3O5. The number of benzene rings is 2. The molecule has 0 atom stereocenters. The first-order valence-corrected chi connectivity index (χ1v) is 9.98. The van der Waals surface area contributed by atoms with Crippen LogP contribution in [0, 0.1) is 13.8 Å². The van der Waals surface area contributed by atoms with Gasteiger partial charge in [0.05, 0.1) is 5.69 Å². The van der Waals surface area contributed by atoms with Crippen molar-refractivity contribution >= 4 is 29.6 Å². The van der Waals surface area contributed by atoms with Crippen LogP contribution >= 0.6 is 0 Å². The number of nitrogens with one attached hydrogen (secondary N) is 1.